The van der Waals surface area contributed by atoms with Gasteiger partial charge >= 0.3 is 5.97 Å². The summed E-state index contributed by atoms with van der Waals surface area (Å²) in [4.78, 5) is 11.2. The van der Waals surface area contributed by atoms with Crippen molar-refractivity contribution >= 4 is 12.0 Å². The van der Waals surface area contributed by atoms with E-state index in [0.717, 1.165) is 29.7 Å². The molecule has 2 aromatic rings. The molecule has 4 nitrogen and oxygen atoms in total. The molecule has 0 spiro atoms. The summed E-state index contributed by atoms with van der Waals surface area (Å²) in [6, 6.07) is 17.2. The van der Waals surface area contributed by atoms with Crippen molar-refractivity contribution in [3.8, 4) is 5.75 Å². The second-order valence-electron chi connectivity index (χ2n) is 5.36. The molecule has 0 saturated carbocycles. The third-order valence-corrected chi connectivity index (χ3v) is 3.39. The Bertz CT molecular complexity index is 660. The summed E-state index contributed by atoms with van der Waals surface area (Å²) in [7, 11) is 0. The highest BCUT2D eigenvalue weighted by Gasteiger charge is 2.08. The van der Waals surface area contributed by atoms with Crippen LogP contribution in [0.3, 0.4) is 0 Å². The van der Waals surface area contributed by atoms with Crippen molar-refractivity contribution in [2.24, 2.45) is 0 Å². The van der Waals surface area contributed by atoms with Crippen LogP contribution in [0.2, 0.25) is 0 Å². The monoisotopic (exact) mass is 326 g/mol. The van der Waals surface area contributed by atoms with E-state index in [-0.39, 0.29) is 5.76 Å². The van der Waals surface area contributed by atoms with Gasteiger partial charge in [0.2, 0.25) is 5.76 Å². The lowest BCUT2D eigenvalue weighted by Crippen LogP contribution is -2.06. The number of carboxylic acids is 1. The second kappa shape index (κ2) is 9.40. The van der Waals surface area contributed by atoms with Gasteiger partial charge in [0.25, 0.3) is 0 Å². The minimum atomic E-state index is -1.06. The molecule has 0 atom stereocenters. The van der Waals surface area contributed by atoms with Crippen LogP contribution in [0.25, 0.3) is 6.08 Å². The van der Waals surface area contributed by atoms with Gasteiger partial charge in [-0.1, -0.05) is 55.8 Å². The molecule has 0 aromatic heterocycles. The molecule has 126 valence electrons. The van der Waals surface area contributed by atoms with Gasteiger partial charge in [-0.2, -0.15) is 0 Å². The number of rotatable bonds is 9. The van der Waals surface area contributed by atoms with E-state index in [4.69, 9.17) is 9.47 Å². The number of carbonyl (C=O) groups is 1. The Labute approximate surface area is 142 Å². The van der Waals surface area contributed by atoms with Crippen LogP contribution in [0.5, 0.6) is 5.75 Å². The molecule has 2 aromatic carbocycles. The summed E-state index contributed by atoms with van der Waals surface area (Å²) >= 11 is 0. The van der Waals surface area contributed by atoms with Gasteiger partial charge in [-0.3, -0.25) is 0 Å². The van der Waals surface area contributed by atoms with Crippen LogP contribution in [0.4, 0.5) is 0 Å². The van der Waals surface area contributed by atoms with Crippen molar-refractivity contribution in [3.05, 3.63) is 71.5 Å². The molecule has 0 heterocycles. The van der Waals surface area contributed by atoms with E-state index in [9.17, 15) is 9.90 Å². The Morgan fingerprint density at radius 2 is 1.79 bits per heavy atom. The van der Waals surface area contributed by atoms with E-state index in [1.54, 1.807) is 0 Å². The molecule has 1 N–H and O–H groups in total. The third kappa shape index (κ3) is 5.80. The zero-order chi connectivity index (χ0) is 17.2. The van der Waals surface area contributed by atoms with Crippen LogP contribution in [0.1, 0.15) is 30.9 Å². The maximum Gasteiger partial charge on any atom is 0.371 e. The number of ether oxygens (including phenoxy) is 2. The first-order valence-electron chi connectivity index (χ1n) is 8.03. The fourth-order valence-corrected chi connectivity index (χ4v) is 2.04. The predicted molar refractivity (Wildman–Crippen MR) is 93.7 cm³/mol. The van der Waals surface area contributed by atoms with E-state index < -0.39 is 5.97 Å². The lowest BCUT2D eigenvalue weighted by atomic mass is 10.2. The number of unbranched alkanes of at least 4 members (excludes halogenated alkanes) is 1. The SMILES string of the molecule is CCCCOC(=Cc1ccc(OCc2ccccc2)cc1)C(=O)O. The molecule has 0 unspecified atom stereocenters. The molecule has 0 aliphatic heterocycles. The van der Waals surface area contributed by atoms with Gasteiger partial charge < -0.3 is 14.6 Å². The lowest BCUT2D eigenvalue weighted by Gasteiger charge is -2.08. The minimum Gasteiger partial charge on any atom is -0.489 e. The van der Waals surface area contributed by atoms with Gasteiger partial charge in [0, 0.05) is 0 Å². The van der Waals surface area contributed by atoms with Crippen molar-refractivity contribution in [2.75, 3.05) is 6.61 Å². The van der Waals surface area contributed by atoms with Gasteiger partial charge in [-0.05, 0) is 35.8 Å². The van der Waals surface area contributed by atoms with Crippen LogP contribution in [-0.4, -0.2) is 17.7 Å². The number of hydrogen-bond acceptors (Lipinski definition) is 3. The summed E-state index contributed by atoms with van der Waals surface area (Å²) in [6.07, 6.45) is 3.32. The van der Waals surface area contributed by atoms with Crippen LogP contribution in [-0.2, 0) is 16.1 Å². The summed E-state index contributed by atoms with van der Waals surface area (Å²) in [5, 5.41) is 9.18. The summed E-state index contributed by atoms with van der Waals surface area (Å²) in [5.74, 6) is -0.364. The molecule has 0 saturated heterocycles. The molecule has 4 heteroatoms. The molecule has 0 bridgehead atoms. The van der Waals surface area contributed by atoms with Crippen LogP contribution >= 0.6 is 0 Å². The van der Waals surface area contributed by atoms with Crippen molar-refractivity contribution in [2.45, 2.75) is 26.4 Å². The van der Waals surface area contributed by atoms with E-state index >= 15 is 0 Å². The topological polar surface area (TPSA) is 55.8 Å². The molecule has 0 fully saturated rings. The molecule has 24 heavy (non-hydrogen) atoms. The molecule has 0 amide bonds. The molecule has 0 radical (unpaired) electrons. The summed E-state index contributed by atoms with van der Waals surface area (Å²) < 4.78 is 11.0. The van der Waals surface area contributed by atoms with E-state index in [1.165, 1.54) is 6.08 Å². The Kier molecular flexibility index (Phi) is 6.90. The summed E-state index contributed by atoms with van der Waals surface area (Å²) in [5.41, 5.74) is 1.86. The maximum atomic E-state index is 11.2. The zero-order valence-electron chi connectivity index (χ0n) is 13.8. The Morgan fingerprint density at radius 3 is 2.42 bits per heavy atom. The van der Waals surface area contributed by atoms with Gasteiger partial charge in [0.15, 0.2) is 0 Å². The number of benzene rings is 2. The number of hydrogen-bond donors (Lipinski definition) is 1. The average Bonchev–Trinajstić information content (AvgIpc) is 2.61. The first kappa shape index (κ1) is 17.6. The maximum absolute atomic E-state index is 11.2. The second-order valence-corrected chi connectivity index (χ2v) is 5.36. The predicted octanol–water partition coefficient (Wildman–Crippen LogP) is 4.51. The molecule has 2 rings (SSSR count). The lowest BCUT2D eigenvalue weighted by molar-refractivity contribution is -0.136. The largest absolute Gasteiger partial charge is 0.489 e. The van der Waals surface area contributed by atoms with Crippen molar-refractivity contribution in [3.63, 3.8) is 0 Å². The average molecular weight is 326 g/mol. The Morgan fingerprint density at radius 1 is 1.08 bits per heavy atom. The van der Waals surface area contributed by atoms with Gasteiger partial charge in [0.1, 0.15) is 12.4 Å². The van der Waals surface area contributed by atoms with Gasteiger partial charge in [-0.15, -0.1) is 0 Å². The Hall–Kier alpha value is -2.75. The first-order valence-corrected chi connectivity index (χ1v) is 8.03. The molecular formula is C20H22O4. The first-order chi connectivity index (χ1) is 11.7. The van der Waals surface area contributed by atoms with E-state index in [1.807, 2.05) is 61.5 Å². The Balaban J connectivity index is 1.96. The standard InChI is InChI=1S/C20H22O4/c1-2-3-13-23-19(20(21)22)14-16-9-11-18(12-10-16)24-15-17-7-5-4-6-8-17/h4-12,14H,2-3,13,15H2,1H3,(H,21,22). The van der Waals surface area contributed by atoms with Crippen molar-refractivity contribution in [1.29, 1.82) is 0 Å². The fraction of sp³-hybridized carbons (Fsp3) is 0.250. The highest BCUT2D eigenvalue weighted by Crippen LogP contribution is 2.17. The van der Waals surface area contributed by atoms with Crippen LogP contribution in [0, 0.1) is 0 Å². The minimum absolute atomic E-state index is 0.0404. The molecule has 0 aliphatic carbocycles. The summed E-state index contributed by atoms with van der Waals surface area (Å²) in [6.45, 7) is 2.94. The quantitative estimate of drug-likeness (QED) is 0.418. The smallest absolute Gasteiger partial charge is 0.371 e. The molecule has 0 aliphatic rings. The van der Waals surface area contributed by atoms with E-state index in [0.29, 0.717) is 13.2 Å². The van der Waals surface area contributed by atoms with E-state index in [2.05, 4.69) is 0 Å². The highest BCUT2D eigenvalue weighted by molar-refractivity contribution is 5.89. The number of aliphatic carboxylic acids is 1. The van der Waals surface area contributed by atoms with Gasteiger partial charge in [-0.25, -0.2) is 4.79 Å². The zero-order valence-corrected chi connectivity index (χ0v) is 13.8. The highest BCUT2D eigenvalue weighted by atomic mass is 16.5. The fourth-order valence-electron chi connectivity index (χ4n) is 2.04. The van der Waals surface area contributed by atoms with Crippen LogP contribution in [0.15, 0.2) is 60.4 Å². The van der Waals surface area contributed by atoms with Crippen LogP contribution < -0.4 is 4.74 Å². The van der Waals surface area contributed by atoms with Crippen molar-refractivity contribution < 1.29 is 19.4 Å². The normalized spacial score (nSPS) is 11.1. The number of carboxylic acid groups (broad SMARTS) is 1. The van der Waals surface area contributed by atoms with Crippen molar-refractivity contribution in [1.82, 2.24) is 0 Å². The van der Waals surface area contributed by atoms with Gasteiger partial charge in [0.05, 0.1) is 6.61 Å². The molecular weight excluding hydrogens is 304 g/mol. The third-order valence-electron chi connectivity index (χ3n) is 3.39.